The van der Waals surface area contributed by atoms with E-state index in [-0.39, 0.29) is 11.8 Å². The van der Waals surface area contributed by atoms with Gasteiger partial charge in [0, 0.05) is 67.1 Å². The predicted molar refractivity (Wildman–Crippen MR) is 96.5 cm³/mol. The van der Waals surface area contributed by atoms with Crippen LogP contribution in [0.3, 0.4) is 0 Å². The summed E-state index contributed by atoms with van der Waals surface area (Å²) in [6.07, 6.45) is 5.51. The fourth-order valence-corrected chi connectivity index (χ4v) is 3.78. The van der Waals surface area contributed by atoms with Gasteiger partial charge in [0.05, 0.1) is 6.61 Å². The zero-order valence-electron chi connectivity index (χ0n) is 14.2. The van der Waals surface area contributed by atoms with E-state index in [1.54, 1.807) is 7.11 Å². The molecule has 3 aromatic rings. The van der Waals surface area contributed by atoms with Crippen LogP contribution < -0.4 is 0 Å². The number of carbonyl (C=O) groups is 1. The number of hydrogen-bond acceptors (Lipinski definition) is 3. The van der Waals surface area contributed by atoms with Gasteiger partial charge in [-0.25, -0.2) is 0 Å². The molecule has 5 nitrogen and oxygen atoms in total. The highest BCUT2D eigenvalue weighted by Gasteiger charge is 2.36. The van der Waals surface area contributed by atoms with Crippen molar-refractivity contribution in [2.24, 2.45) is 5.92 Å². The first-order valence-electron chi connectivity index (χ1n) is 8.51. The maximum Gasteiger partial charge on any atom is 0.253 e. The summed E-state index contributed by atoms with van der Waals surface area (Å²) >= 11 is 0. The zero-order valence-corrected chi connectivity index (χ0v) is 14.2. The summed E-state index contributed by atoms with van der Waals surface area (Å²) in [4.78, 5) is 22.2. The summed E-state index contributed by atoms with van der Waals surface area (Å²) in [5, 5.41) is 1.06. The van der Waals surface area contributed by atoms with Crippen LogP contribution in [0.25, 0.3) is 10.9 Å². The van der Waals surface area contributed by atoms with Gasteiger partial charge in [-0.1, -0.05) is 0 Å². The number of likely N-dealkylation sites (tertiary alicyclic amines) is 1. The first kappa shape index (κ1) is 15.8. The van der Waals surface area contributed by atoms with Crippen molar-refractivity contribution >= 4 is 16.8 Å². The quantitative estimate of drug-likeness (QED) is 0.797. The third kappa shape index (κ3) is 3.03. The number of nitrogens with one attached hydrogen (secondary N) is 1. The summed E-state index contributed by atoms with van der Waals surface area (Å²) in [6, 6.07) is 11.9. The minimum Gasteiger partial charge on any atom is -0.384 e. The second kappa shape index (κ2) is 6.69. The number of benzene rings is 1. The smallest absolute Gasteiger partial charge is 0.253 e. The van der Waals surface area contributed by atoms with Crippen molar-refractivity contribution in [1.29, 1.82) is 0 Å². The van der Waals surface area contributed by atoms with Gasteiger partial charge in [-0.3, -0.25) is 9.78 Å². The molecule has 1 aliphatic rings. The van der Waals surface area contributed by atoms with E-state index in [0.717, 1.165) is 16.5 Å². The second-order valence-corrected chi connectivity index (χ2v) is 6.59. The lowest BCUT2D eigenvalue weighted by Gasteiger charge is -2.17. The Kier molecular flexibility index (Phi) is 4.24. The van der Waals surface area contributed by atoms with E-state index in [1.165, 1.54) is 5.56 Å². The SMILES string of the molecule is COC[C@@H]1CN(C(=O)c2ccc3[nH]ccc3c2)C[C@H]1c1ccncc1. The lowest BCUT2D eigenvalue weighted by Crippen LogP contribution is -2.29. The van der Waals surface area contributed by atoms with Crippen molar-refractivity contribution in [3.05, 3.63) is 66.1 Å². The molecule has 25 heavy (non-hydrogen) atoms. The van der Waals surface area contributed by atoms with Crippen LogP contribution in [0.15, 0.2) is 55.0 Å². The Morgan fingerprint density at radius 1 is 1.24 bits per heavy atom. The molecule has 2 aromatic heterocycles. The molecular weight excluding hydrogens is 314 g/mol. The van der Waals surface area contributed by atoms with Crippen LogP contribution in [0.5, 0.6) is 0 Å². The monoisotopic (exact) mass is 335 g/mol. The molecule has 1 aromatic carbocycles. The molecule has 1 aliphatic heterocycles. The molecular formula is C20H21N3O2. The van der Waals surface area contributed by atoms with Gasteiger partial charge < -0.3 is 14.6 Å². The molecule has 128 valence electrons. The lowest BCUT2D eigenvalue weighted by molar-refractivity contribution is 0.0775. The van der Waals surface area contributed by atoms with E-state index >= 15 is 0 Å². The summed E-state index contributed by atoms with van der Waals surface area (Å²) in [7, 11) is 1.72. The van der Waals surface area contributed by atoms with Crippen molar-refractivity contribution in [2.45, 2.75) is 5.92 Å². The largest absolute Gasteiger partial charge is 0.384 e. The van der Waals surface area contributed by atoms with E-state index in [9.17, 15) is 4.79 Å². The molecule has 3 heterocycles. The van der Waals surface area contributed by atoms with E-state index in [2.05, 4.69) is 9.97 Å². The van der Waals surface area contributed by atoms with Crippen molar-refractivity contribution in [3.63, 3.8) is 0 Å². The molecule has 4 rings (SSSR count). The third-order valence-corrected chi connectivity index (χ3v) is 5.04. The molecule has 1 fully saturated rings. The highest BCUT2D eigenvalue weighted by atomic mass is 16.5. The maximum absolute atomic E-state index is 13.0. The van der Waals surface area contributed by atoms with Crippen molar-refractivity contribution < 1.29 is 9.53 Å². The average molecular weight is 335 g/mol. The highest BCUT2D eigenvalue weighted by molar-refractivity contribution is 5.98. The van der Waals surface area contributed by atoms with Gasteiger partial charge in [0.2, 0.25) is 0 Å². The maximum atomic E-state index is 13.0. The number of pyridine rings is 1. The van der Waals surface area contributed by atoms with E-state index < -0.39 is 0 Å². The van der Waals surface area contributed by atoms with Gasteiger partial charge in [0.1, 0.15) is 0 Å². The van der Waals surface area contributed by atoms with Crippen molar-refractivity contribution in [2.75, 3.05) is 26.8 Å². The molecule has 0 spiro atoms. The molecule has 2 atom stereocenters. The van der Waals surface area contributed by atoms with Crippen molar-refractivity contribution in [3.8, 4) is 0 Å². The number of amides is 1. The molecule has 0 saturated carbocycles. The van der Waals surface area contributed by atoms with Gasteiger partial charge in [-0.2, -0.15) is 0 Å². The number of H-pyrrole nitrogens is 1. The molecule has 5 heteroatoms. The lowest BCUT2D eigenvalue weighted by atomic mass is 9.90. The fraction of sp³-hybridized carbons (Fsp3) is 0.300. The van der Waals surface area contributed by atoms with Crippen LogP contribution in [-0.2, 0) is 4.74 Å². The normalized spacial score (nSPS) is 20.3. The van der Waals surface area contributed by atoms with E-state index in [0.29, 0.717) is 25.6 Å². The molecule has 1 amide bonds. The Morgan fingerprint density at radius 2 is 2.08 bits per heavy atom. The Bertz CT molecular complexity index is 875. The first-order valence-corrected chi connectivity index (χ1v) is 8.51. The number of ether oxygens (including phenoxy) is 1. The Balaban J connectivity index is 1.58. The van der Waals surface area contributed by atoms with Crippen LogP contribution in [0.2, 0.25) is 0 Å². The summed E-state index contributed by atoms with van der Waals surface area (Å²) in [6.45, 7) is 2.07. The van der Waals surface area contributed by atoms with E-state index in [1.807, 2.05) is 59.9 Å². The van der Waals surface area contributed by atoms with Gasteiger partial charge in [-0.05, 0) is 42.0 Å². The number of nitrogens with zero attached hydrogens (tertiary/aromatic N) is 2. The zero-order chi connectivity index (χ0) is 17.2. The number of fused-ring (bicyclic) bond motifs is 1. The van der Waals surface area contributed by atoms with Crippen LogP contribution >= 0.6 is 0 Å². The number of hydrogen-bond donors (Lipinski definition) is 1. The van der Waals surface area contributed by atoms with Crippen LogP contribution in [0, 0.1) is 5.92 Å². The molecule has 0 radical (unpaired) electrons. The number of rotatable bonds is 4. The number of methoxy groups -OCH3 is 1. The Labute approximate surface area is 146 Å². The Morgan fingerprint density at radius 3 is 2.88 bits per heavy atom. The van der Waals surface area contributed by atoms with Gasteiger partial charge in [0.25, 0.3) is 5.91 Å². The van der Waals surface area contributed by atoms with Crippen LogP contribution in [0.4, 0.5) is 0 Å². The van der Waals surface area contributed by atoms with Gasteiger partial charge >= 0.3 is 0 Å². The molecule has 1 saturated heterocycles. The molecule has 1 N–H and O–H groups in total. The standard InChI is InChI=1S/C20H21N3O2/c1-25-13-17-11-23(12-18(17)14-4-7-21-8-5-14)20(24)16-2-3-19-15(10-16)6-9-22-19/h2-10,17-18,22H,11-13H2,1H3/t17-,18-/m0/s1. The Hall–Kier alpha value is -2.66. The second-order valence-electron chi connectivity index (χ2n) is 6.59. The first-order chi connectivity index (χ1) is 12.3. The number of carbonyl (C=O) groups excluding carboxylic acids is 1. The third-order valence-electron chi connectivity index (χ3n) is 5.04. The summed E-state index contributed by atoms with van der Waals surface area (Å²) < 4.78 is 5.40. The average Bonchev–Trinajstić information content (AvgIpc) is 3.28. The predicted octanol–water partition coefficient (Wildman–Crippen LogP) is 3.07. The molecule has 0 aliphatic carbocycles. The van der Waals surface area contributed by atoms with Crippen LogP contribution in [-0.4, -0.2) is 47.6 Å². The molecule has 0 unspecified atom stereocenters. The van der Waals surface area contributed by atoms with Gasteiger partial charge in [-0.15, -0.1) is 0 Å². The van der Waals surface area contributed by atoms with Crippen molar-refractivity contribution in [1.82, 2.24) is 14.9 Å². The number of aromatic nitrogens is 2. The summed E-state index contributed by atoms with van der Waals surface area (Å²) in [5.41, 5.74) is 3.00. The number of aromatic amines is 1. The highest BCUT2D eigenvalue weighted by Crippen LogP contribution is 2.33. The topological polar surface area (TPSA) is 58.2 Å². The fourth-order valence-electron chi connectivity index (χ4n) is 3.78. The minimum atomic E-state index is 0.0840. The minimum absolute atomic E-state index is 0.0840. The van der Waals surface area contributed by atoms with E-state index in [4.69, 9.17) is 4.74 Å². The van der Waals surface area contributed by atoms with Crippen LogP contribution in [0.1, 0.15) is 21.8 Å². The summed E-state index contributed by atoms with van der Waals surface area (Å²) in [5.74, 6) is 0.663. The van der Waals surface area contributed by atoms with Gasteiger partial charge in [0.15, 0.2) is 0 Å². The molecule has 0 bridgehead atoms.